The summed E-state index contributed by atoms with van der Waals surface area (Å²) in [4.78, 5) is 0. The number of allylic oxidation sites excluding steroid dienone is 3. The van der Waals surface area contributed by atoms with Crippen LogP contribution in [0, 0.1) is 6.92 Å². The van der Waals surface area contributed by atoms with Gasteiger partial charge in [-0.05, 0) is 31.9 Å². The molecule has 0 saturated heterocycles. The Kier molecular flexibility index (Phi) is 4.84. The molecule has 0 bridgehead atoms. The quantitative estimate of drug-likeness (QED) is 0.751. The van der Waals surface area contributed by atoms with Crippen LogP contribution in [0.3, 0.4) is 0 Å². The third-order valence-electron chi connectivity index (χ3n) is 2.80. The lowest BCUT2D eigenvalue weighted by molar-refractivity contribution is 1.09. The Morgan fingerprint density at radius 2 is 1.94 bits per heavy atom. The summed E-state index contributed by atoms with van der Waals surface area (Å²) < 4.78 is 0. The summed E-state index contributed by atoms with van der Waals surface area (Å²) in [6.45, 7) is 6.46. The molecule has 1 rings (SSSR count). The molecule has 0 aliphatic carbocycles. The Morgan fingerprint density at radius 1 is 1.25 bits per heavy atom. The van der Waals surface area contributed by atoms with Crippen LogP contribution in [0.25, 0.3) is 5.70 Å². The van der Waals surface area contributed by atoms with Gasteiger partial charge >= 0.3 is 0 Å². The summed E-state index contributed by atoms with van der Waals surface area (Å²) in [5.41, 5.74) is 5.13. The monoisotopic (exact) mass is 215 g/mol. The molecule has 0 saturated carbocycles. The van der Waals surface area contributed by atoms with Crippen molar-refractivity contribution in [2.75, 3.05) is 7.05 Å². The van der Waals surface area contributed by atoms with Gasteiger partial charge in [0.15, 0.2) is 0 Å². The van der Waals surface area contributed by atoms with Gasteiger partial charge in [-0.3, -0.25) is 0 Å². The lowest BCUT2D eigenvalue weighted by atomic mass is 10.0. The molecule has 86 valence electrons. The SMILES string of the molecule is CC/C(C)=C\C=C(/NC)c1ccccc1C. The minimum atomic E-state index is 1.10. The fourth-order valence-electron chi connectivity index (χ4n) is 1.53. The van der Waals surface area contributed by atoms with Crippen LogP contribution >= 0.6 is 0 Å². The highest BCUT2D eigenvalue weighted by Gasteiger charge is 2.00. The zero-order valence-corrected chi connectivity index (χ0v) is 10.7. The highest BCUT2D eigenvalue weighted by atomic mass is 14.8. The summed E-state index contributed by atoms with van der Waals surface area (Å²) in [5, 5.41) is 3.26. The van der Waals surface area contributed by atoms with Crippen LogP contribution in [0.1, 0.15) is 31.4 Å². The molecule has 0 aliphatic heterocycles. The van der Waals surface area contributed by atoms with Crippen LogP contribution in [0.2, 0.25) is 0 Å². The Hall–Kier alpha value is -1.50. The van der Waals surface area contributed by atoms with Crippen molar-refractivity contribution < 1.29 is 0 Å². The van der Waals surface area contributed by atoms with E-state index in [4.69, 9.17) is 0 Å². The van der Waals surface area contributed by atoms with Gasteiger partial charge in [-0.1, -0.05) is 42.8 Å². The predicted molar refractivity (Wildman–Crippen MR) is 72.3 cm³/mol. The van der Waals surface area contributed by atoms with Crippen molar-refractivity contribution in [1.82, 2.24) is 5.32 Å². The number of nitrogens with one attached hydrogen (secondary N) is 1. The molecular formula is C15H21N. The lowest BCUT2D eigenvalue weighted by Gasteiger charge is -2.09. The zero-order valence-electron chi connectivity index (χ0n) is 10.7. The van der Waals surface area contributed by atoms with E-state index in [2.05, 4.69) is 62.5 Å². The maximum absolute atomic E-state index is 3.26. The maximum atomic E-state index is 3.26. The van der Waals surface area contributed by atoms with E-state index in [1.54, 1.807) is 0 Å². The second-order valence-corrected chi connectivity index (χ2v) is 4.01. The zero-order chi connectivity index (χ0) is 12.0. The first kappa shape index (κ1) is 12.6. The first-order valence-electron chi connectivity index (χ1n) is 5.80. The van der Waals surface area contributed by atoms with Crippen LogP contribution in [0.15, 0.2) is 42.0 Å². The van der Waals surface area contributed by atoms with Gasteiger partial charge in [-0.25, -0.2) is 0 Å². The van der Waals surface area contributed by atoms with Gasteiger partial charge < -0.3 is 5.32 Å². The smallest absolute Gasteiger partial charge is 0.0413 e. The average Bonchev–Trinajstić information content (AvgIpc) is 2.31. The van der Waals surface area contributed by atoms with Gasteiger partial charge in [0.1, 0.15) is 0 Å². The van der Waals surface area contributed by atoms with Crippen LogP contribution < -0.4 is 5.32 Å². The molecule has 0 aromatic heterocycles. The summed E-state index contributed by atoms with van der Waals surface area (Å²) in [7, 11) is 1.97. The first-order chi connectivity index (χ1) is 7.69. The van der Waals surface area contributed by atoms with Crippen LogP contribution in [0.4, 0.5) is 0 Å². The molecule has 0 fully saturated rings. The Morgan fingerprint density at radius 3 is 2.50 bits per heavy atom. The fraction of sp³-hybridized carbons (Fsp3) is 0.333. The molecule has 1 aromatic carbocycles. The summed E-state index contributed by atoms with van der Waals surface area (Å²) in [6.07, 6.45) is 5.43. The molecule has 0 heterocycles. The fourth-order valence-corrected chi connectivity index (χ4v) is 1.53. The van der Waals surface area contributed by atoms with Crippen molar-refractivity contribution in [3.05, 3.63) is 53.1 Å². The van der Waals surface area contributed by atoms with E-state index in [9.17, 15) is 0 Å². The highest BCUT2D eigenvalue weighted by Crippen LogP contribution is 2.16. The van der Waals surface area contributed by atoms with Crippen molar-refractivity contribution in [3.8, 4) is 0 Å². The normalized spacial score (nSPS) is 12.8. The lowest BCUT2D eigenvalue weighted by Crippen LogP contribution is -2.05. The van der Waals surface area contributed by atoms with Crippen LogP contribution in [-0.2, 0) is 0 Å². The van der Waals surface area contributed by atoms with E-state index in [-0.39, 0.29) is 0 Å². The van der Waals surface area contributed by atoms with Crippen LogP contribution in [-0.4, -0.2) is 7.05 Å². The average molecular weight is 215 g/mol. The maximum Gasteiger partial charge on any atom is 0.0413 e. The molecule has 1 heteroatoms. The molecule has 1 aromatic rings. The predicted octanol–water partition coefficient (Wildman–Crippen LogP) is 3.91. The highest BCUT2D eigenvalue weighted by molar-refractivity contribution is 5.67. The second-order valence-electron chi connectivity index (χ2n) is 4.01. The molecule has 0 amide bonds. The van der Waals surface area contributed by atoms with Gasteiger partial charge in [0.25, 0.3) is 0 Å². The molecule has 0 atom stereocenters. The van der Waals surface area contributed by atoms with E-state index in [1.807, 2.05) is 7.05 Å². The summed E-state index contributed by atoms with van der Waals surface area (Å²) in [5.74, 6) is 0. The molecule has 0 spiro atoms. The van der Waals surface area contributed by atoms with E-state index >= 15 is 0 Å². The first-order valence-corrected chi connectivity index (χ1v) is 5.80. The molecule has 16 heavy (non-hydrogen) atoms. The van der Waals surface area contributed by atoms with E-state index in [0.29, 0.717) is 0 Å². The molecule has 0 unspecified atom stereocenters. The number of benzene rings is 1. The van der Waals surface area contributed by atoms with Crippen molar-refractivity contribution in [2.24, 2.45) is 0 Å². The molecule has 0 radical (unpaired) electrons. The second kappa shape index (κ2) is 6.16. The summed E-state index contributed by atoms with van der Waals surface area (Å²) in [6, 6.07) is 8.42. The van der Waals surface area contributed by atoms with E-state index in [0.717, 1.165) is 6.42 Å². The molecule has 1 N–H and O–H groups in total. The van der Waals surface area contributed by atoms with E-state index in [1.165, 1.54) is 22.4 Å². The van der Waals surface area contributed by atoms with Crippen molar-refractivity contribution in [1.29, 1.82) is 0 Å². The minimum absolute atomic E-state index is 1.10. The van der Waals surface area contributed by atoms with Crippen molar-refractivity contribution in [3.63, 3.8) is 0 Å². The minimum Gasteiger partial charge on any atom is -0.388 e. The Bertz CT molecular complexity index is 400. The van der Waals surface area contributed by atoms with Gasteiger partial charge in [0.2, 0.25) is 0 Å². The number of aryl methyl sites for hydroxylation is 1. The molecule has 0 aliphatic rings. The number of rotatable bonds is 4. The molecule has 1 nitrogen and oxygen atoms in total. The Labute approximate surface area is 98.9 Å². The largest absolute Gasteiger partial charge is 0.388 e. The van der Waals surface area contributed by atoms with Gasteiger partial charge in [0, 0.05) is 18.3 Å². The third-order valence-corrected chi connectivity index (χ3v) is 2.80. The standard InChI is InChI=1S/C15H21N/c1-5-12(2)10-11-15(16-4)14-9-7-6-8-13(14)3/h6-11,16H,5H2,1-4H3/b12-10-,15-11-. The van der Waals surface area contributed by atoms with Crippen LogP contribution in [0.5, 0.6) is 0 Å². The summed E-state index contributed by atoms with van der Waals surface area (Å²) >= 11 is 0. The molecular weight excluding hydrogens is 194 g/mol. The third kappa shape index (κ3) is 3.27. The topological polar surface area (TPSA) is 12.0 Å². The van der Waals surface area contributed by atoms with Gasteiger partial charge in [-0.2, -0.15) is 0 Å². The van der Waals surface area contributed by atoms with Gasteiger partial charge in [-0.15, -0.1) is 0 Å². The Balaban J connectivity index is 3.04. The van der Waals surface area contributed by atoms with Crippen molar-refractivity contribution >= 4 is 5.70 Å². The van der Waals surface area contributed by atoms with E-state index < -0.39 is 0 Å². The number of hydrogen-bond donors (Lipinski definition) is 1. The van der Waals surface area contributed by atoms with Crippen molar-refractivity contribution in [2.45, 2.75) is 27.2 Å². The van der Waals surface area contributed by atoms with Gasteiger partial charge in [0.05, 0.1) is 0 Å². The number of hydrogen-bond acceptors (Lipinski definition) is 1.